The number of nitrogens with one attached hydrogen (secondary N) is 1. The second kappa shape index (κ2) is 9.02. The number of nitrogens with zero attached hydrogens (tertiary/aromatic N) is 4. The van der Waals surface area contributed by atoms with E-state index in [1.807, 2.05) is 0 Å². The van der Waals surface area contributed by atoms with E-state index in [0.717, 1.165) is 0 Å². The molecule has 0 radical (unpaired) electrons. The standard InChI is InChI=1S/C14H17ClFN5O.HI/c1-9-19-13(22-20-9)7-18-14(17-2)21(3)8-10-11(15)5-4-6-12(10)16;/h4-6H,7-8H2,1-3H3,(H,17,18);1H. The fraction of sp³-hybridized carbons (Fsp3) is 0.357. The van der Waals surface area contributed by atoms with Gasteiger partial charge in [0.15, 0.2) is 11.8 Å². The smallest absolute Gasteiger partial charge is 0.246 e. The molecule has 0 amide bonds. The highest BCUT2D eigenvalue weighted by molar-refractivity contribution is 14.0. The van der Waals surface area contributed by atoms with Crippen LogP contribution in [0.2, 0.25) is 5.02 Å². The summed E-state index contributed by atoms with van der Waals surface area (Å²) in [4.78, 5) is 9.99. The number of aromatic nitrogens is 2. The Bertz CT molecular complexity index is 659. The van der Waals surface area contributed by atoms with E-state index in [9.17, 15) is 4.39 Å². The van der Waals surface area contributed by atoms with Gasteiger partial charge < -0.3 is 14.7 Å². The number of hydrogen-bond donors (Lipinski definition) is 1. The van der Waals surface area contributed by atoms with E-state index in [1.54, 1.807) is 38.1 Å². The van der Waals surface area contributed by atoms with Crippen LogP contribution in [0.3, 0.4) is 0 Å². The van der Waals surface area contributed by atoms with Crippen LogP contribution in [0, 0.1) is 12.7 Å². The van der Waals surface area contributed by atoms with Crippen LogP contribution in [-0.2, 0) is 13.1 Å². The first-order chi connectivity index (χ1) is 10.5. The van der Waals surface area contributed by atoms with Crippen molar-refractivity contribution in [1.82, 2.24) is 20.4 Å². The molecule has 1 aromatic carbocycles. The first kappa shape index (κ1) is 19.6. The summed E-state index contributed by atoms with van der Waals surface area (Å²) in [6.45, 7) is 2.37. The maximum atomic E-state index is 13.8. The summed E-state index contributed by atoms with van der Waals surface area (Å²) >= 11 is 6.04. The minimum Gasteiger partial charge on any atom is -0.347 e. The number of hydrogen-bond acceptors (Lipinski definition) is 4. The van der Waals surface area contributed by atoms with Crippen LogP contribution < -0.4 is 5.32 Å². The Morgan fingerprint density at radius 1 is 1.48 bits per heavy atom. The molecule has 0 bridgehead atoms. The number of rotatable bonds is 4. The molecular formula is C14H18ClFIN5O. The lowest BCUT2D eigenvalue weighted by Gasteiger charge is -2.22. The second-order valence-electron chi connectivity index (χ2n) is 4.69. The van der Waals surface area contributed by atoms with Crippen molar-refractivity contribution in [3.63, 3.8) is 0 Å². The molecule has 6 nitrogen and oxygen atoms in total. The van der Waals surface area contributed by atoms with Crippen molar-refractivity contribution in [3.05, 3.63) is 46.3 Å². The highest BCUT2D eigenvalue weighted by Crippen LogP contribution is 2.20. The number of benzene rings is 1. The lowest BCUT2D eigenvalue weighted by atomic mass is 10.2. The van der Waals surface area contributed by atoms with Gasteiger partial charge in [0.1, 0.15) is 5.82 Å². The molecule has 1 heterocycles. The molecule has 2 aromatic rings. The lowest BCUT2D eigenvalue weighted by Crippen LogP contribution is -2.38. The van der Waals surface area contributed by atoms with Crippen molar-refractivity contribution in [2.24, 2.45) is 4.99 Å². The fourth-order valence-corrected chi connectivity index (χ4v) is 2.17. The van der Waals surface area contributed by atoms with E-state index in [2.05, 4.69) is 20.4 Å². The van der Waals surface area contributed by atoms with E-state index < -0.39 is 0 Å². The van der Waals surface area contributed by atoms with Gasteiger partial charge in [-0.1, -0.05) is 22.8 Å². The van der Waals surface area contributed by atoms with Gasteiger partial charge in [-0.25, -0.2) is 4.39 Å². The largest absolute Gasteiger partial charge is 0.347 e. The van der Waals surface area contributed by atoms with Gasteiger partial charge in [0.25, 0.3) is 0 Å². The van der Waals surface area contributed by atoms with Gasteiger partial charge in [0.05, 0.1) is 6.54 Å². The number of aryl methyl sites for hydroxylation is 1. The molecule has 9 heteroatoms. The molecule has 0 saturated heterocycles. The lowest BCUT2D eigenvalue weighted by molar-refractivity contribution is 0.367. The molecule has 0 aliphatic rings. The van der Waals surface area contributed by atoms with Gasteiger partial charge in [-0.05, 0) is 19.1 Å². The first-order valence-corrected chi connectivity index (χ1v) is 7.03. The maximum absolute atomic E-state index is 13.8. The third kappa shape index (κ3) is 5.31. The minimum absolute atomic E-state index is 0. The van der Waals surface area contributed by atoms with Crippen molar-refractivity contribution >= 4 is 41.5 Å². The molecule has 0 spiro atoms. The van der Waals surface area contributed by atoms with Crippen molar-refractivity contribution in [1.29, 1.82) is 0 Å². The Balaban J connectivity index is 0.00000264. The minimum atomic E-state index is -0.345. The second-order valence-corrected chi connectivity index (χ2v) is 5.10. The normalized spacial score (nSPS) is 11.1. The molecule has 23 heavy (non-hydrogen) atoms. The molecule has 0 atom stereocenters. The summed E-state index contributed by atoms with van der Waals surface area (Å²) in [5.74, 6) is 1.24. The Kier molecular flexibility index (Phi) is 7.69. The van der Waals surface area contributed by atoms with Gasteiger partial charge in [0.2, 0.25) is 5.89 Å². The van der Waals surface area contributed by atoms with Crippen LogP contribution >= 0.6 is 35.6 Å². The SMILES string of the molecule is CN=C(NCc1nc(C)no1)N(C)Cc1c(F)cccc1Cl.I. The van der Waals surface area contributed by atoms with E-state index in [-0.39, 0.29) is 36.3 Å². The first-order valence-electron chi connectivity index (χ1n) is 6.65. The van der Waals surface area contributed by atoms with Crippen molar-refractivity contribution < 1.29 is 8.91 Å². The molecule has 1 N–H and O–H groups in total. The number of aliphatic imine (C=N–C) groups is 1. The summed E-state index contributed by atoms with van der Waals surface area (Å²) in [5.41, 5.74) is 0.420. The van der Waals surface area contributed by atoms with Gasteiger partial charge in [0, 0.05) is 31.2 Å². The topological polar surface area (TPSA) is 66.5 Å². The van der Waals surface area contributed by atoms with E-state index in [4.69, 9.17) is 16.1 Å². The summed E-state index contributed by atoms with van der Waals surface area (Å²) in [6, 6.07) is 4.61. The predicted molar refractivity (Wildman–Crippen MR) is 97.5 cm³/mol. The fourth-order valence-electron chi connectivity index (χ4n) is 1.95. The highest BCUT2D eigenvalue weighted by Gasteiger charge is 2.13. The average Bonchev–Trinajstić information content (AvgIpc) is 2.89. The number of guanidine groups is 1. The van der Waals surface area contributed by atoms with Gasteiger partial charge in [-0.2, -0.15) is 4.98 Å². The van der Waals surface area contributed by atoms with Gasteiger partial charge >= 0.3 is 0 Å². The average molecular weight is 454 g/mol. The third-order valence-electron chi connectivity index (χ3n) is 3.00. The van der Waals surface area contributed by atoms with Crippen LogP contribution in [0.4, 0.5) is 4.39 Å². The van der Waals surface area contributed by atoms with E-state index >= 15 is 0 Å². The highest BCUT2D eigenvalue weighted by atomic mass is 127. The Hall–Kier alpha value is -1.42. The van der Waals surface area contributed by atoms with E-state index in [1.165, 1.54) is 6.07 Å². The molecule has 0 unspecified atom stereocenters. The molecule has 0 fully saturated rings. The summed E-state index contributed by atoms with van der Waals surface area (Å²) in [6.07, 6.45) is 0. The Morgan fingerprint density at radius 2 is 2.22 bits per heavy atom. The zero-order valence-corrected chi connectivity index (χ0v) is 16.1. The van der Waals surface area contributed by atoms with Crippen molar-refractivity contribution in [3.8, 4) is 0 Å². The molecule has 0 saturated carbocycles. The van der Waals surface area contributed by atoms with Gasteiger partial charge in [-0.3, -0.25) is 4.99 Å². The zero-order valence-electron chi connectivity index (χ0n) is 13.0. The summed E-state index contributed by atoms with van der Waals surface area (Å²) < 4.78 is 18.8. The van der Waals surface area contributed by atoms with Crippen LogP contribution in [-0.4, -0.2) is 35.1 Å². The summed E-state index contributed by atoms with van der Waals surface area (Å²) in [5, 5.41) is 7.17. The number of halogens is 3. The van der Waals surface area contributed by atoms with Crippen LogP contribution in [0.15, 0.2) is 27.7 Å². The quantitative estimate of drug-likeness (QED) is 0.438. The van der Waals surface area contributed by atoms with Crippen molar-refractivity contribution in [2.75, 3.05) is 14.1 Å². The van der Waals surface area contributed by atoms with Crippen LogP contribution in [0.5, 0.6) is 0 Å². The van der Waals surface area contributed by atoms with Crippen LogP contribution in [0.25, 0.3) is 0 Å². The zero-order chi connectivity index (χ0) is 16.1. The van der Waals surface area contributed by atoms with Crippen molar-refractivity contribution in [2.45, 2.75) is 20.0 Å². The molecule has 2 rings (SSSR count). The summed E-state index contributed by atoms with van der Waals surface area (Å²) in [7, 11) is 3.43. The molecular weight excluding hydrogens is 436 g/mol. The van der Waals surface area contributed by atoms with Gasteiger partial charge in [-0.15, -0.1) is 24.0 Å². The Morgan fingerprint density at radius 3 is 2.78 bits per heavy atom. The monoisotopic (exact) mass is 453 g/mol. The van der Waals surface area contributed by atoms with E-state index in [0.29, 0.717) is 34.8 Å². The third-order valence-corrected chi connectivity index (χ3v) is 3.35. The van der Waals surface area contributed by atoms with Crippen LogP contribution in [0.1, 0.15) is 17.3 Å². The molecule has 0 aliphatic carbocycles. The maximum Gasteiger partial charge on any atom is 0.246 e. The molecule has 1 aromatic heterocycles. The Labute approximate surface area is 156 Å². The molecule has 0 aliphatic heterocycles. The predicted octanol–water partition coefficient (Wildman–Crippen LogP) is 3.00. The molecule has 126 valence electrons.